The Morgan fingerprint density at radius 1 is 1.36 bits per heavy atom. The van der Waals surface area contributed by atoms with Crippen molar-refractivity contribution in [3.63, 3.8) is 0 Å². The van der Waals surface area contributed by atoms with E-state index in [0.29, 0.717) is 5.92 Å². The lowest BCUT2D eigenvalue weighted by molar-refractivity contribution is 0.350. The van der Waals surface area contributed by atoms with Crippen LogP contribution in [0.15, 0.2) is 12.4 Å². The summed E-state index contributed by atoms with van der Waals surface area (Å²) in [6.45, 7) is 0. The number of fused-ring (bicyclic) bond motifs is 2. The lowest BCUT2D eigenvalue weighted by Gasteiger charge is -2.28. The van der Waals surface area contributed by atoms with E-state index in [1.807, 2.05) is 6.20 Å². The summed E-state index contributed by atoms with van der Waals surface area (Å²) in [7, 11) is 2.10. The Morgan fingerprint density at radius 3 is 2.64 bits per heavy atom. The normalized spacial score (nSPS) is 36.2. The Morgan fingerprint density at radius 2 is 2.07 bits per heavy atom. The molecule has 3 heterocycles. The van der Waals surface area contributed by atoms with E-state index in [-0.39, 0.29) is 0 Å². The minimum Gasteiger partial charge on any atom is -0.338 e. The van der Waals surface area contributed by atoms with Gasteiger partial charge in [0, 0.05) is 37.4 Å². The number of imidazole rings is 1. The topological polar surface area (TPSA) is 29.9 Å². The number of piperidine rings is 1. The monoisotopic (exact) mass is 191 g/mol. The van der Waals surface area contributed by atoms with Crippen LogP contribution in [0, 0.1) is 0 Å². The standard InChI is InChI=1S/C11H17N3/c1-14-5-4-12-11(14)8-6-9-2-3-10(7-8)13-9/h4-5,8-10,13H,2-3,6-7H2,1H3. The van der Waals surface area contributed by atoms with Crippen LogP contribution < -0.4 is 5.32 Å². The van der Waals surface area contributed by atoms with Gasteiger partial charge in [0.05, 0.1) is 0 Å². The molecule has 2 bridgehead atoms. The van der Waals surface area contributed by atoms with E-state index in [4.69, 9.17) is 0 Å². The predicted molar refractivity (Wildman–Crippen MR) is 55.1 cm³/mol. The summed E-state index contributed by atoms with van der Waals surface area (Å²) >= 11 is 0. The molecule has 2 aliphatic heterocycles. The molecule has 2 atom stereocenters. The van der Waals surface area contributed by atoms with E-state index < -0.39 is 0 Å². The third kappa shape index (κ3) is 1.27. The van der Waals surface area contributed by atoms with Gasteiger partial charge in [-0.1, -0.05) is 0 Å². The molecule has 3 nitrogen and oxygen atoms in total. The third-order valence-electron chi connectivity index (χ3n) is 3.70. The molecule has 1 N–H and O–H groups in total. The van der Waals surface area contributed by atoms with Crippen LogP contribution in [-0.4, -0.2) is 21.6 Å². The van der Waals surface area contributed by atoms with Crippen molar-refractivity contribution < 1.29 is 0 Å². The summed E-state index contributed by atoms with van der Waals surface area (Å²) in [6, 6.07) is 1.52. The molecule has 14 heavy (non-hydrogen) atoms. The summed E-state index contributed by atoms with van der Waals surface area (Å²) in [6.07, 6.45) is 9.26. The molecule has 2 fully saturated rings. The fourth-order valence-electron chi connectivity index (χ4n) is 3.04. The molecule has 3 rings (SSSR count). The fraction of sp³-hybridized carbons (Fsp3) is 0.727. The predicted octanol–water partition coefficient (Wildman–Crippen LogP) is 1.42. The highest BCUT2D eigenvalue weighted by Crippen LogP contribution is 2.36. The largest absolute Gasteiger partial charge is 0.338 e. The van der Waals surface area contributed by atoms with Crippen LogP contribution in [0.25, 0.3) is 0 Å². The van der Waals surface area contributed by atoms with Gasteiger partial charge in [-0.05, 0) is 25.7 Å². The molecule has 0 aromatic carbocycles. The van der Waals surface area contributed by atoms with E-state index >= 15 is 0 Å². The average Bonchev–Trinajstić information content (AvgIpc) is 2.73. The van der Waals surface area contributed by atoms with Crippen LogP contribution in [0.5, 0.6) is 0 Å². The first-order chi connectivity index (χ1) is 6.83. The number of nitrogens with zero attached hydrogens (tertiary/aromatic N) is 2. The lowest BCUT2D eigenvalue weighted by atomic mass is 9.92. The van der Waals surface area contributed by atoms with E-state index in [1.54, 1.807) is 0 Å². The van der Waals surface area contributed by atoms with Gasteiger partial charge in [0.15, 0.2) is 0 Å². The molecular formula is C11H17N3. The Labute approximate surface area is 84.5 Å². The number of hydrogen-bond donors (Lipinski definition) is 1. The zero-order chi connectivity index (χ0) is 9.54. The number of aryl methyl sites for hydroxylation is 1. The Kier molecular flexibility index (Phi) is 1.87. The molecule has 2 unspecified atom stereocenters. The zero-order valence-corrected chi connectivity index (χ0v) is 8.61. The number of hydrogen-bond acceptors (Lipinski definition) is 2. The molecule has 3 heteroatoms. The minimum absolute atomic E-state index is 0.689. The van der Waals surface area contributed by atoms with Gasteiger partial charge in [-0.3, -0.25) is 0 Å². The number of rotatable bonds is 1. The summed E-state index contributed by atoms with van der Waals surface area (Å²) < 4.78 is 2.18. The molecule has 2 saturated heterocycles. The molecule has 1 aromatic heterocycles. The highest BCUT2D eigenvalue weighted by Gasteiger charge is 2.35. The lowest BCUT2D eigenvalue weighted by Crippen LogP contribution is -2.37. The van der Waals surface area contributed by atoms with Crippen molar-refractivity contribution in [2.75, 3.05) is 0 Å². The molecule has 1 aromatic rings. The van der Waals surface area contributed by atoms with Gasteiger partial charge in [-0.2, -0.15) is 0 Å². The van der Waals surface area contributed by atoms with Gasteiger partial charge in [0.2, 0.25) is 0 Å². The van der Waals surface area contributed by atoms with Crippen molar-refractivity contribution >= 4 is 0 Å². The van der Waals surface area contributed by atoms with Crippen molar-refractivity contribution in [1.82, 2.24) is 14.9 Å². The summed E-state index contributed by atoms with van der Waals surface area (Å²) in [5.74, 6) is 1.97. The van der Waals surface area contributed by atoms with Crippen LogP contribution in [-0.2, 0) is 7.05 Å². The first-order valence-electron chi connectivity index (χ1n) is 5.56. The van der Waals surface area contributed by atoms with Crippen LogP contribution >= 0.6 is 0 Å². The van der Waals surface area contributed by atoms with Crippen LogP contribution in [0.4, 0.5) is 0 Å². The Bertz CT molecular complexity index is 319. The molecule has 0 spiro atoms. The molecule has 0 saturated carbocycles. The van der Waals surface area contributed by atoms with E-state index in [0.717, 1.165) is 12.1 Å². The summed E-state index contributed by atoms with van der Waals surface area (Å²) in [4.78, 5) is 4.47. The minimum atomic E-state index is 0.689. The van der Waals surface area contributed by atoms with Crippen LogP contribution in [0.2, 0.25) is 0 Å². The maximum absolute atomic E-state index is 4.47. The summed E-state index contributed by atoms with van der Waals surface area (Å²) in [5.41, 5.74) is 0. The second-order valence-electron chi connectivity index (χ2n) is 4.70. The van der Waals surface area contributed by atoms with E-state index in [2.05, 4.69) is 28.1 Å². The van der Waals surface area contributed by atoms with Gasteiger partial charge in [0.1, 0.15) is 5.82 Å². The first kappa shape index (κ1) is 8.48. The fourth-order valence-corrected chi connectivity index (χ4v) is 3.04. The molecule has 76 valence electrons. The number of nitrogens with one attached hydrogen (secondary N) is 1. The highest BCUT2D eigenvalue weighted by molar-refractivity contribution is 5.07. The Balaban J connectivity index is 1.84. The van der Waals surface area contributed by atoms with Crippen LogP contribution in [0.3, 0.4) is 0 Å². The van der Waals surface area contributed by atoms with Gasteiger partial charge < -0.3 is 9.88 Å². The highest BCUT2D eigenvalue weighted by atomic mass is 15.1. The molecule has 0 aliphatic carbocycles. The number of aromatic nitrogens is 2. The van der Waals surface area contributed by atoms with Crippen molar-refractivity contribution in [2.24, 2.45) is 7.05 Å². The molecule has 0 amide bonds. The van der Waals surface area contributed by atoms with Gasteiger partial charge in [-0.15, -0.1) is 0 Å². The van der Waals surface area contributed by atoms with Gasteiger partial charge in [0.25, 0.3) is 0 Å². The van der Waals surface area contributed by atoms with Gasteiger partial charge >= 0.3 is 0 Å². The van der Waals surface area contributed by atoms with Crippen molar-refractivity contribution in [3.8, 4) is 0 Å². The van der Waals surface area contributed by atoms with Gasteiger partial charge in [-0.25, -0.2) is 4.98 Å². The maximum atomic E-state index is 4.47. The zero-order valence-electron chi connectivity index (χ0n) is 8.61. The molecular weight excluding hydrogens is 174 g/mol. The third-order valence-corrected chi connectivity index (χ3v) is 3.70. The quantitative estimate of drug-likeness (QED) is 0.727. The smallest absolute Gasteiger partial charge is 0.111 e. The molecule has 0 radical (unpaired) electrons. The van der Waals surface area contributed by atoms with Crippen molar-refractivity contribution in [2.45, 2.75) is 43.7 Å². The second-order valence-corrected chi connectivity index (χ2v) is 4.70. The van der Waals surface area contributed by atoms with Crippen LogP contribution in [0.1, 0.15) is 37.4 Å². The average molecular weight is 191 g/mol. The Hall–Kier alpha value is -0.830. The second kappa shape index (κ2) is 3.09. The van der Waals surface area contributed by atoms with E-state index in [9.17, 15) is 0 Å². The SMILES string of the molecule is Cn1ccnc1C1CC2CCC(C1)N2. The maximum Gasteiger partial charge on any atom is 0.111 e. The van der Waals surface area contributed by atoms with E-state index in [1.165, 1.54) is 31.5 Å². The molecule has 2 aliphatic rings. The summed E-state index contributed by atoms with van der Waals surface area (Å²) in [5, 5.41) is 3.66. The first-order valence-corrected chi connectivity index (χ1v) is 5.56. The van der Waals surface area contributed by atoms with Crippen molar-refractivity contribution in [3.05, 3.63) is 18.2 Å². The van der Waals surface area contributed by atoms with Crippen molar-refractivity contribution in [1.29, 1.82) is 0 Å².